The van der Waals surface area contributed by atoms with Gasteiger partial charge in [0.2, 0.25) is 0 Å². The second kappa shape index (κ2) is 8.01. The summed E-state index contributed by atoms with van der Waals surface area (Å²) in [6, 6.07) is 16.2. The summed E-state index contributed by atoms with van der Waals surface area (Å²) in [4.78, 5) is 12.4. The molecule has 0 unspecified atom stereocenters. The molecule has 6 heteroatoms. The largest absolute Gasteiger partial charge is 0.507 e. The standard InChI is InChI=1S/C20H17BrN2O3/c1-2-26-19-8-7-16(21)9-15(19)12-22-23-20(25)17-10-13-5-3-4-6-14(13)11-18(17)24/h3-12,24H,2H2,1H3,(H,23,25). The number of nitrogens with one attached hydrogen (secondary N) is 1. The van der Waals surface area contributed by atoms with E-state index in [1.54, 1.807) is 12.1 Å². The third kappa shape index (κ3) is 4.03. The number of benzene rings is 3. The Balaban J connectivity index is 1.80. The van der Waals surface area contributed by atoms with Gasteiger partial charge >= 0.3 is 0 Å². The van der Waals surface area contributed by atoms with Crippen molar-refractivity contribution >= 4 is 38.8 Å². The van der Waals surface area contributed by atoms with Crippen molar-refractivity contribution in [3.63, 3.8) is 0 Å². The van der Waals surface area contributed by atoms with Gasteiger partial charge in [-0.25, -0.2) is 5.43 Å². The molecule has 5 nitrogen and oxygen atoms in total. The summed E-state index contributed by atoms with van der Waals surface area (Å²) in [5.74, 6) is 0.0913. The fourth-order valence-electron chi connectivity index (χ4n) is 2.54. The molecule has 3 aromatic rings. The third-order valence-corrected chi connectivity index (χ3v) is 4.24. The third-order valence-electron chi connectivity index (χ3n) is 3.75. The van der Waals surface area contributed by atoms with E-state index in [0.29, 0.717) is 12.4 Å². The molecule has 0 aliphatic carbocycles. The Morgan fingerprint density at radius 1 is 1.19 bits per heavy atom. The maximum absolute atomic E-state index is 12.4. The number of hydrogen-bond donors (Lipinski definition) is 2. The van der Waals surface area contributed by atoms with Crippen molar-refractivity contribution < 1.29 is 14.6 Å². The molecular weight excluding hydrogens is 396 g/mol. The summed E-state index contributed by atoms with van der Waals surface area (Å²) < 4.78 is 6.41. The lowest BCUT2D eigenvalue weighted by Gasteiger charge is -2.08. The molecule has 3 aromatic carbocycles. The van der Waals surface area contributed by atoms with Crippen molar-refractivity contribution in [1.29, 1.82) is 0 Å². The highest BCUT2D eigenvalue weighted by Gasteiger charge is 2.12. The zero-order valence-electron chi connectivity index (χ0n) is 14.1. The van der Waals surface area contributed by atoms with E-state index in [1.807, 2.05) is 49.4 Å². The van der Waals surface area contributed by atoms with Gasteiger partial charge in [0.05, 0.1) is 18.4 Å². The molecule has 3 rings (SSSR count). The lowest BCUT2D eigenvalue weighted by Crippen LogP contribution is -2.17. The molecule has 0 saturated heterocycles. The molecule has 0 saturated carbocycles. The number of rotatable bonds is 5. The fourth-order valence-corrected chi connectivity index (χ4v) is 2.92. The highest BCUT2D eigenvalue weighted by atomic mass is 79.9. The number of nitrogens with zero attached hydrogens (tertiary/aromatic N) is 1. The van der Waals surface area contributed by atoms with Crippen LogP contribution < -0.4 is 10.2 Å². The van der Waals surface area contributed by atoms with Gasteiger partial charge in [0.15, 0.2) is 0 Å². The fraction of sp³-hybridized carbons (Fsp3) is 0.100. The van der Waals surface area contributed by atoms with E-state index in [-0.39, 0.29) is 11.3 Å². The number of hydrogen-bond acceptors (Lipinski definition) is 4. The van der Waals surface area contributed by atoms with Crippen LogP contribution in [0.25, 0.3) is 10.8 Å². The number of halogens is 1. The Bertz CT molecular complexity index is 986. The Hall–Kier alpha value is -2.86. The van der Waals surface area contributed by atoms with Crippen molar-refractivity contribution in [1.82, 2.24) is 5.43 Å². The van der Waals surface area contributed by atoms with Crippen LogP contribution in [-0.4, -0.2) is 23.8 Å². The number of amides is 1. The number of carbonyl (C=O) groups is 1. The maximum atomic E-state index is 12.4. The molecule has 132 valence electrons. The Labute approximate surface area is 159 Å². The molecule has 26 heavy (non-hydrogen) atoms. The number of hydrazone groups is 1. The molecule has 0 fully saturated rings. The molecule has 0 atom stereocenters. The van der Waals surface area contributed by atoms with Crippen molar-refractivity contribution in [2.45, 2.75) is 6.92 Å². The second-order valence-corrected chi connectivity index (χ2v) is 6.45. The summed E-state index contributed by atoms with van der Waals surface area (Å²) in [5.41, 5.74) is 3.33. The quantitative estimate of drug-likeness (QED) is 0.479. The van der Waals surface area contributed by atoms with Gasteiger partial charge in [0.1, 0.15) is 11.5 Å². The van der Waals surface area contributed by atoms with E-state index in [1.165, 1.54) is 6.21 Å². The molecule has 0 spiro atoms. The van der Waals surface area contributed by atoms with Crippen molar-refractivity contribution in [3.05, 3.63) is 70.2 Å². The van der Waals surface area contributed by atoms with Crippen LogP contribution in [-0.2, 0) is 0 Å². The van der Waals surface area contributed by atoms with Gasteiger partial charge in [-0.05, 0) is 48.0 Å². The number of phenols is 1. The zero-order chi connectivity index (χ0) is 18.5. The van der Waals surface area contributed by atoms with E-state index in [9.17, 15) is 9.90 Å². The molecule has 2 N–H and O–H groups in total. The molecule has 0 bridgehead atoms. The van der Waals surface area contributed by atoms with Crippen LogP contribution in [0.4, 0.5) is 0 Å². The van der Waals surface area contributed by atoms with E-state index in [0.717, 1.165) is 20.8 Å². The van der Waals surface area contributed by atoms with E-state index < -0.39 is 5.91 Å². The van der Waals surface area contributed by atoms with Crippen LogP contribution in [0, 0.1) is 0 Å². The summed E-state index contributed by atoms with van der Waals surface area (Å²) >= 11 is 3.40. The number of ether oxygens (including phenoxy) is 1. The smallest absolute Gasteiger partial charge is 0.275 e. The van der Waals surface area contributed by atoms with E-state index in [2.05, 4.69) is 26.5 Å². The average molecular weight is 413 g/mol. The van der Waals surface area contributed by atoms with Gasteiger partial charge in [-0.3, -0.25) is 4.79 Å². The lowest BCUT2D eigenvalue weighted by molar-refractivity contribution is 0.0952. The first-order chi connectivity index (χ1) is 12.6. The number of aromatic hydroxyl groups is 1. The second-order valence-electron chi connectivity index (χ2n) is 5.53. The summed E-state index contributed by atoms with van der Waals surface area (Å²) in [6.07, 6.45) is 1.51. The highest BCUT2D eigenvalue weighted by Crippen LogP contribution is 2.25. The van der Waals surface area contributed by atoms with Crippen molar-refractivity contribution in [2.75, 3.05) is 6.61 Å². The monoisotopic (exact) mass is 412 g/mol. The molecule has 0 radical (unpaired) electrons. The summed E-state index contributed by atoms with van der Waals surface area (Å²) in [7, 11) is 0. The number of fused-ring (bicyclic) bond motifs is 1. The summed E-state index contributed by atoms with van der Waals surface area (Å²) in [6.45, 7) is 2.42. The first kappa shape index (κ1) is 17.9. The molecular formula is C20H17BrN2O3. The molecule has 0 heterocycles. The van der Waals surface area contributed by atoms with Gasteiger partial charge in [0.25, 0.3) is 5.91 Å². The van der Waals surface area contributed by atoms with Gasteiger partial charge in [-0.2, -0.15) is 5.10 Å². The topological polar surface area (TPSA) is 70.9 Å². The minimum absolute atomic E-state index is 0.0890. The molecule has 1 amide bonds. The van der Waals surface area contributed by atoms with Crippen LogP contribution in [0.1, 0.15) is 22.8 Å². The molecule has 0 aliphatic rings. The normalized spacial score (nSPS) is 11.0. The van der Waals surface area contributed by atoms with Crippen LogP contribution in [0.15, 0.2) is 64.2 Å². The summed E-state index contributed by atoms with van der Waals surface area (Å²) in [5, 5.41) is 15.8. The minimum Gasteiger partial charge on any atom is -0.507 e. The Kier molecular flexibility index (Phi) is 5.53. The zero-order valence-corrected chi connectivity index (χ0v) is 15.7. The first-order valence-electron chi connectivity index (χ1n) is 8.06. The first-order valence-corrected chi connectivity index (χ1v) is 8.85. The predicted octanol–water partition coefficient (Wildman–Crippen LogP) is 4.47. The Morgan fingerprint density at radius 3 is 2.65 bits per heavy atom. The van der Waals surface area contributed by atoms with E-state index >= 15 is 0 Å². The van der Waals surface area contributed by atoms with Crippen LogP contribution in [0.5, 0.6) is 11.5 Å². The van der Waals surface area contributed by atoms with E-state index in [4.69, 9.17) is 4.74 Å². The lowest BCUT2D eigenvalue weighted by atomic mass is 10.1. The SMILES string of the molecule is CCOc1ccc(Br)cc1C=NNC(=O)c1cc2ccccc2cc1O. The van der Waals surface area contributed by atoms with Gasteiger partial charge in [-0.1, -0.05) is 40.2 Å². The van der Waals surface area contributed by atoms with Crippen LogP contribution in [0.2, 0.25) is 0 Å². The predicted molar refractivity (Wildman–Crippen MR) is 106 cm³/mol. The van der Waals surface area contributed by atoms with Gasteiger partial charge in [-0.15, -0.1) is 0 Å². The molecule has 0 aliphatic heterocycles. The van der Waals surface area contributed by atoms with Gasteiger partial charge in [0, 0.05) is 10.0 Å². The maximum Gasteiger partial charge on any atom is 0.275 e. The van der Waals surface area contributed by atoms with Crippen LogP contribution in [0.3, 0.4) is 0 Å². The minimum atomic E-state index is -0.488. The molecule has 0 aromatic heterocycles. The number of carbonyl (C=O) groups excluding carboxylic acids is 1. The van der Waals surface area contributed by atoms with Crippen molar-refractivity contribution in [3.8, 4) is 11.5 Å². The van der Waals surface area contributed by atoms with Crippen LogP contribution >= 0.6 is 15.9 Å². The number of phenolic OH excluding ortho intramolecular Hbond substituents is 1. The van der Waals surface area contributed by atoms with Gasteiger partial charge < -0.3 is 9.84 Å². The highest BCUT2D eigenvalue weighted by molar-refractivity contribution is 9.10. The van der Waals surface area contributed by atoms with Crippen molar-refractivity contribution in [2.24, 2.45) is 5.10 Å². The Morgan fingerprint density at radius 2 is 1.92 bits per heavy atom. The average Bonchev–Trinajstić information content (AvgIpc) is 2.63.